The maximum absolute atomic E-state index is 13.7. The second-order valence-electron chi connectivity index (χ2n) is 7.54. The number of pyridine rings is 1. The number of aromatic nitrogens is 1. The standard InChI is InChI=1S/C21H23N3O2/c1-26-19-6-3-2-5-17(19)23-14-16-13-18(15-7-10-22-11-8-15)24-12-4-9-21(16,24)20(23)25/h2-3,5-8,10-11,16,18H,4,9,12-14H2,1H3/t16-,18-,21-/m0/s1. The number of methoxy groups -OCH3 is 1. The average molecular weight is 349 g/mol. The van der Waals surface area contributed by atoms with E-state index in [9.17, 15) is 4.79 Å². The number of carbonyl (C=O) groups excluding carboxylic acids is 1. The van der Waals surface area contributed by atoms with Crippen molar-refractivity contribution in [2.75, 3.05) is 25.1 Å². The number of anilines is 1. The number of hydrogen-bond acceptors (Lipinski definition) is 4. The summed E-state index contributed by atoms with van der Waals surface area (Å²) in [6.07, 6.45) is 6.79. The van der Waals surface area contributed by atoms with Crippen molar-refractivity contribution >= 4 is 11.6 Å². The van der Waals surface area contributed by atoms with E-state index < -0.39 is 0 Å². The van der Waals surface area contributed by atoms with Crippen LogP contribution in [0.4, 0.5) is 5.69 Å². The molecule has 3 fully saturated rings. The van der Waals surface area contributed by atoms with Gasteiger partial charge in [0.15, 0.2) is 0 Å². The van der Waals surface area contributed by atoms with Gasteiger partial charge in [0.05, 0.1) is 12.8 Å². The first-order valence-corrected chi connectivity index (χ1v) is 9.37. The third-order valence-corrected chi connectivity index (χ3v) is 6.51. The minimum atomic E-state index is -0.339. The molecule has 3 atom stereocenters. The summed E-state index contributed by atoms with van der Waals surface area (Å²) in [5.41, 5.74) is 1.85. The van der Waals surface area contributed by atoms with E-state index in [-0.39, 0.29) is 11.4 Å². The fourth-order valence-corrected chi connectivity index (χ4v) is 5.46. The Balaban J connectivity index is 1.52. The topological polar surface area (TPSA) is 45.7 Å². The molecule has 1 aromatic carbocycles. The Morgan fingerprint density at radius 3 is 2.81 bits per heavy atom. The van der Waals surface area contributed by atoms with Gasteiger partial charge in [-0.15, -0.1) is 0 Å². The van der Waals surface area contributed by atoms with E-state index in [0.717, 1.165) is 43.8 Å². The minimum absolute atomic E-state index is 0.251. The highest BCUT2D eigenvalue weighted by atomic mass is 16.5. The van der Waals surface area contributed by atoms with E-state index in [0.29, 0.717) is 12.0 Å². The molecule has 3 aliphatic heterocycles. The number of nitrogens with zero attached hydrogens (tertiary/aromatic N) is 3. The van der Waals surface area contributed by atoms with Crippen LogP contribution in [0.1, 0.15) is 30.9 Å². The smallest absolute Gasteiger partial charge is 0.248 e. The van der Waals surface area contributed by atoms with Crippen LogP contribution in [0.5, 0.6) is 5.75 Å². The Bertz CT molecular complexity index is 840. The molecule has 0 radical (unpaired) electrons. The molecule has 1 spiro atoms. The van der Waals surface area contributed by atoms with Crippen LogP contribution in [0.15, 0.2) is 48.8 Å². The lowest BCUT2D eigenvalue weighted by Gasteiger charge is -2.33. The zero-order chi connectivity index (χ0) is 17.7. The molecule has 0 saturated carbocycles. The highest BCUT2D eigenvalue weighted by Gasteiger charge is 2.65. The van der Waals surface area contributed by atoms with Crippen LogP contribution in [0.25, 0.3) is 0 Å². The molecule has 134 valence electrons. The van der Waals surface area contributed by atoms with Gasteiger partial charge in [0, 0.05) is 30.9 Å². The van der Waals surface area contributed by atoms with Crippen molar-refractivity contribution in [3.8, 4) is 5.75 Å². The molecular weight excluding hydrogens is 326 g/mol. The van der Waals surface area contributed by atoms with Crippen molar-refractivity contribution < 1.29 is 9.53 Å². The van der Waals surface area contributed by atoms with Gasteiger partial charge in [-0.2, -0.15) is 0 Å². The van der Waals surface area contributed by atoms with Gasteiger partial charge in [0.25, 0.3) is 0 Å². The summed E-state index contributed by atoms with van der Waals surface area (Å²) in [6, 6.07) is 12.4. The Kier molecular flexibility index (Phi) is 3.54. The number of rotatable bonds is 3. The molecule has 2 aromatic rings. The van der Waals surface area contributed by atoms with Crippen LogP contribution in [0, 0.1) is 5.92 Å². The van der Waals surface area contributed by atoms with Gasteiger partial charge in [0.2, 0.25) is 5.91 Å². The molecule has 3 saturated heterocycles. The van der Waals surface area contributed by atoms with Crippen LogP contribution in [0.2, 0.25) is 0 Å². The SMILES string of the molecule is COc1ccccc1N1C[C@@H]2C[C@@H](c3ccncc3)N3CCC[C@@]23C1=O. The quantitative estimate of drug-likeness (QED) is 0.854. The average Bonchev–Trinajstić information content (AvgIpc) is 3.32. The van der Waals surface area contributed by atoms with Crippen molar-refractivity contribution in [2.24, 2.45) is 5.92 Å². The third-order valence-electron chi connectivity index (χ3n) is 6.51. The lowest BCUT2D eigenvalue weighted by Crippen LogP contribution is -2.49. The maximum atomic E-state index is 13.7. The molecule has 5 nitrogen and oxygen atoms in total. The van der Waals surface area contributed by atoms with Gasteiger partial charge >= 0.3 is 0 Å². The number of amides is 1. The van der Waals surface area contributed by atoms with Crippen LogP contribution >= 0.6 is 0 Å². The molecule has 5 rings (SSSR count). The molecule has 1 amide bonds. The largest absolute Gasteiger partial charge is 0.495 e. The van der Waals surface area contributed by atoms with Crippen molar-refractivity contribution in [3.05, 3.63) is 54.4 Å². The summed E-state index contributed by atoms with van der Waals surface area (Å²) >= 11 is 0. The van der Waals surface area contributed by atoms with Gasteiger partial charge in [-0.05, 0) is 55.6 Å². The Labute approximate surface area is 153 Å². The fraction of sp³-hybridized carbons (Fsp3) is 0.429. The highest BCUT2D eigenvalue weighted by molar-refractivity contribution is 6.04. The Morgan fingerprint density at radius 1 is 1.19 bits per heavy atom. The monoisotopic (exact) mass is 349 g/mol. The van der Waals surface area contributed by atoms with E-state index in [4.69, 9.17) is 4.74 Å². The molecular formula is C21H23N3O2. The van der Waals surface area contributed by atoms with Crippen LogP contribution in [-0.4, -0.2) is 41.5 Å². The maximum Gasteiger partial charge on any atom is 0.248 e. The van der Waals surface area contributed by atoms with Crippen molar-refractivity contribution in [2.45, 2.75) is 30.8 Å². The first-order valence-electron chi connectivity index (χ1n) is 9.37. The molecule has 26 heavy (non-hydrogen) atoms. The van der Waals surface area contributed by atoms with Gasteiger partial charge in [-0.1, -0.05) is 12.1 Å². The first-order chi connectivity index (χ1) is 12.8. The fourth-order valence-electron chi connectivity index (χ4n) is 5.46. The van der Waals surface area contributed by atoms with Crippen molar-refractivity contribution in [3.63, 3.8) is 0 Å². The zero-order valence-corrected chi connectivity index (χ0v) is 15.0. The lowest BCUT2D eigenvalue weighted by molar-refractivity contribution is -0.126. The molecule has 0 N–H and O–H groups in total. The zero-order valence-electron chi connectivity index (χ0n) is 15.0. The number of hydrogen-bond donors (Lipinski definition) is 0. The molecule has 1 aromatic heterocycles. The van der Waals surface area contributed by atoms with Gasteiger partial charge in [0.1, 0.15) is 11.3 Å². The predicted octanol–water partition coefficient (Wildman–Crippen LogP) is 3.03. The molecule has 4 heterocycles. The summed E-state index contributed by atoms with van der Waals surface area (Å²) in [4.78, 5) is 22.2. The molecule has 3 aliphatic rings. The Hall–Kier alpha value is -2.40. The van der Waals surface area contributed by atoms with E-state index >= 15 is 0 Å². The number of benzene rings is 1. The van der Waals surface area contributed by atoms with Gasteiger partial charge in [-0.3, -0.25) is 14.7 Å². The summed E-state index contributed by atoms with van der Waals surface area (Å²) in [5.74, 6) is 1.38. The number of carbonyl (C=O) groups is 1. The summed E-state index contributed by atoms with van der Waals surface area (Å²) < 4.78 is 5.51. The van der Waals surface area contributed by atoms with E-state index in [1.54, 1.807) is 7.11 Å². The minimum Gasteiger partial charge on any atom is -0.495 e. The molecule has 0 unspecified atom stereocenters. The van der Waals surface area contributed by atoms with Gasteiger partial charge < -0.3 is 9.64 Å². The predicted molar refractivity (Wildman–Crippen MR) is 99.1 cm³/mol. The van der Waals surface area contributed by atoms with Crippen LogP contribution in [0.3, 0.4) is 0 Å². The van der Waals surface area contributed by atoms with Crippen molar-refractivity contribution in [1.82, 2.24) is 9.88 Å². The van der Waals surface area contributed by atoms with E-state index in [2.05, 4.69) is 22.0 Å². The summed E-state index contributed by atoms with van der Waals surface area (Å²) in [7, 11) is 1.67. The lowest BCUT2D eigenvalue weighted by atomic mass is 9.85. The van der Waals surface area contributed by atoms with E-state index in [1.165, 1.54) is 5.56 Å². The van der Waals surface area contributed by atoms with Crippen LogP contribution in [-0.2, 0) is 4.79 Å². The summed E-state index contributed by atoms with van der Waals surface area (Å²) in [6.45, 7) is 1.77. The number of para-hydroxylation sites is 2. The van der Waals surface area contributed by atoms with E-state index in [1.807, 2.05) is 41.6 Å². The second-order valence-corrected chi connectivity index (χ2v) is 7.54. The van der Waals surface area contributed by atoms with Crippen LogP contribution < -0.4 is 9.64 Å². The summed E-state index contributed by atoms with van der Waals surface area (Å²) in [5, 5.41) is 0. The van der Waals surface area contributed by atoms with Gasteiger partial charge in [-0.25, -0.2) is 0 Å². The molecule has 0 bridgehead atoms. The molecule has 0 aliphatic carbocycles. The Morgan fingerprint density at radius 2 is 2.00 bits per heavy atom. The number of ether oxygens (including phenoxy) is 1. The first kappa shape index (κ1) is 15.8. The second kappa shape index (κ2) is 5.81. The highest BCUT2D eigenvalue weighted by Crippen LogP contribution is 2.56. The van der Waals surface area contributed by atoms with Crippen molar-refractivity contribution in [1.29, 1.82) is 0 Å². The third kappa shape index (κ3) is 2.01. The molecule has 5 heteroatoms. The normalized spacial score (nSPS) is 30.5.